The van der Waals surface area contributed by atoms with Gasteiger partial charge in [-0.1, -0.05) is 0 Å². The molecule has 0 unspecified atom stereocenters. The number of nitrogens with zero attached hydrogens (tertiary/aromatic N) is 3. The van der Waals surface area contributed by atoms with Crippen LogP contribution in [0.15, 0.2) is 18.3 Å². The predicted molar refractivity (Wildman–Crippen MR) is 75.7 cm³/mol. The van der Waals surface area contributed by atoms with Crippen molar-refractivity contribution in [2.24, 2.45) is 0 Å². The number of ether oxygens (including phenoxy) is 1. The molecule has 2 aromatic rings. The van der Waals surface area contributed by atoms with E-state index in [4.69, 9.17) is 4.74 Å². The Morgan fingerprint density at radius 1 is 1.40 bits per heavy atom. The number of nitrogens with one attached hydrogen (secondary N) is 1. The van der Waals surface area contributed by atoms with Crippen LogP contribution in [0.5, 0.6) is 0 Å². The van der Waals surface area contributed by atoms with Crippen molar-refractivity contribution in [1.82, 2.24) is 14.8 Å². The third kappa shape index (κ3) is 2.74. The third-order valence-corrected chi connectivity index (χ3v) is 2.97. The molecule has 2 aromatic heterocycles. The molecule has 1 aliphatic carbocycles. The molecular formula is C14H18N4O2. The van der Waals surface area contributed by atoms with Gasteiger partial charge in [-0.25, -0.2) is 14.5 Å². The van der Waals surface area contributed by atoms with E-state index in [1.807, 2.05) is 31.5 Å². The van der Waals surface area contributed by atoms with Crippen LogP contribution in [0.1, 0.15) is 39.7 Å². The molecule has 3 rings (SSSR count). The van der Waals surface area contributed by atoms with Crippen LogP contribution in [0.4, 0.5) is 10.6 Å². The lowest BCUT2D eigenvalue weighted by Gasteiger charge is -2.19. The predicted octanol–water partition coefficient (Wildman–Crippen LogP) is 3.11. The number of anilines is 1. The average Bonchev–Trinajstić information content (AvgIpc) is 3.07. The van der Waals surface area contributed by atoms with Gasteiger partial charge < -0.3 is 4.74 Å². The summed E-state index contributed by atoms with van der Waals surface area (Å²) in [5.74, 6) is 0.481. The maximum absolute atomic E-state index is 11.7. The quantitative estimate of drug-likeness (QED) is 0.913. The van der Waals surface area contributed by atoms with E-state index in [0.29, 0.717) is 11.9 Å². The van der Waals surface area contributed by atoms with Gasteiger partial charge in [0.15, 0.2) is 5.65 Å². The lowest BCUT2D eigenvalue weighted by atomic mass is 10.2. The lowest BCUT2D eigenvalue weighted by molar-refractivity contribution is 0.0635. The van der Waals surface area contributed by atoms with Crippen molar-refractivity contribution in [3.05, 3.63) is 18.3 Å². The fraction of sp³-hybridized carbons (Fsp3) is 0.500. The van der Waals surface area contributed by atoms with Crippen molar-refractivity contribution in [3.8, 4) is 0 Å². The number of carbonyl (C=O) groups is 1. The first-order valence-corrected chi connectivity index (χ1v) is 6.77. The number of fused-ring (bicyclic) bond motifs is 1. The molecule has 0 spiro atoms. The molecule has 2 heterocycles. The Morgan fingerprint density at radius 3 is 2.80 bits per heavy atom. The highest BCUT2D eigenvalue weighted by Gasteiger charge is 2.26. The Morgan fingerprint density at radius 2 is 2.15 bits per heavy atom. The van der Waals surface area contributed by atoms with Gasteiger partial charge in [0.25, 0.3) is 0 Å². The smallest absolute Gasteiger partial charge is 0.413 e. The number of aromatic nitrogens is 3. The second kappa shape index (κ2) is 4.47. The Bertz CT molecular complexity index is 653. The summed E-state index contributed by atoms with van der Waals surface area (Å²) >= 11 is 0. The fourth-order valence-corrected chi connectivity index (χ4v) is 1.99. The van der Waals surface area contributed by atoms with Crippen LogP contribution in [0.2, 0.25) is 0 Å². The Balaban J connectivity index is 1.81. The molecule has 0 bridgehead atoms. The molecule has 0 atom stereocenters. The molecule has 1 N–H and O–H groups in total. The number of pyridine rings is 1. The van der Waals surface area contributed by atoms with E-state index in [1.165, 1.54) is 0 Å². The van der Waals surface area contributed by atoms with E-state index in [-0.39, 0.29) is 0 Å². The van der Waals surface area contributed by atoms with Crippen LogP contribution in [-0.4, -0.2) is 26.5 Å². The fourth-order valence-electron chi connectivity index (χ4n) is 1.99. The van der Waals surface area contributed by atoms with Gasteiger partial charge >= 0.3 is 6.09 Å². The number of hydrogen-bond acceptors (Lipinski definition) is 4. The third-order valence-electron chi connectivity index (χ3n) is 2.97. The first kappa shape index (κ1) is 12.9. The molecule has 0 aromatic carbocycles. The zero-order chi connectivity index (χ0) is 14.3. The molecule has 0 saturated heterocycles. The molecule has 1 saturated carbocycles. The van der Waals surface area contributed by atoms with Gasteiger partial charge in [-0.15, -0.1) is 0 Å². The molecule has 20 heavy (non-hydrogen) atoms. The highest BCUT2D eigenvalue weighted by molar-refractivity contribution is 5.86. The van der Waals surface area contributed by atoms with Crippen LogP contribution >= 0.6 is 0 Å². The molecule has 1 aliphatic rings. The Labute approximate surface area is 117 Å². The van der Waals surface area contributed by atoms with Gasteiger partial charge in [0.2, 0.25) is 0 Å². The van der Waals surface area contributed by atoms with Crippen molar-refractivity contribution < 1.29 is 9.53 Å². The van der Waals surface area contributed by atoms with Gasteiger partial charge in [-0.05, 0) is 45.7 Å². The summed E-state index contributed by atoms with van der Waals surface area (Å²) in [7, 11) is 0. The minimum absolute atomic E-state index is 0.455. The number of hydrogen-bond donors (Lipinski definition) is 1. The zero-order valence-electron chi connectivity index (χ0n) is 11.9. The number of amides is 1. The highest BCUT2D eigenvalue weighted by Crippen LogP contribution is 2.36. The van der Waals surface area contributed by atoms with Crippen molar-refractivity contribution in [1.29, 1.82) is 0 Å². The Kier molecular flexibility index (Phi) is 2.88. The molecule has 0 aliphatic heterocycles. The maximum atomic E-state index is 11.7. The van der Waals surface area contributed by atoms with Gasteiger partial charge in [-0.2, -0.15) is 5.10 Å². The molecule has 106 valence electrons. The molecule has 1 amide bonds. The highest BCUT2D eigenvalue weighted by atomic mass is 16.6. The summed E-state index contributed by atoms with van der Waals surface area (Å²) in [6.07, 6.45) is 3.59. The zero-order valence-corrected chi connectivity index (χ0v) is 11.9. The van der Waals surface area contributed by atoms with Crippen LogP contribution in [-0.2, 0) is 4.74 Å². The van der Waals surface area contributed by atoms with Crippen LogP contribution in [0.25, 0.3) is 11.0 Å². The number of carbonyl (C=O) groups excluding carboxylic acids is 1. The second-order valence-corrected chi connectivity index (χ2v) is 6.06. The molecule has 1 fully saturated rings. The van der Waals surface area contributed by atoms with Crippen molar-refractivity contribution in [3.63, 3.8) is 0 Å². The monoisotopic (exact) mass is 274 g/mol. The molecular weight excluding hydrogens is 256 g/mol. The first-order chi connectivity index (χ1) is 9.42. The average molecular weight is 274 g/mol. The largest absolute Gasteiger partial charge is 0.444 e. The maximum Gasteiger partial charge on any atom is 0.413 e. The van der Waals surface area contributed by atoms with E-state index in [1.54, 1.807) is 12.3 Å². The summed E-state index contributed by atoms with van der Waals surface area (Å²) in [5.41, 5.74) is 0.283. The van der Waals surface area contributed by atoms with Gasteiger partial charge in [-0.3, -0.25) is 5.32 Å². The molecule has 0 radical (unpaired) electrons. The van der Waals surface area contributed by atoms with Crippen LogP contribution in [0, 0.1) is 0 Å². The van der Waals surface area contributed by atoms with E-state index in [2.05, 4.69) is 15.4 Å². The normalized spacial score (nSPS) is 15.3. The SMILES string of the molecule is CC(C)(C)OC(=O)Nc1ccc2cnn(C3CC3)c2n1. The van der Waals surface area contributed by atoms with Gasteiger partial charge in [0.1, 0.15) is 11.4 Å². The summed E-state index contributed by atoms with van der Waals surface area (Å²) in [4.78, 5) is 16.2. The van der Waals surface area contributed by atoms with Crippen LogP contribution in [0.3, 0.4) is 0 Å². The summed E-state index contributed by atoms with van der Waals surface area (Å²) in [6, 6.07) is 4.11. The minimum atomic E-state index is -0.524. The molecule has 6 nitrogen and oxygen atoms in total. The summed E-state index contributed by atoms with van der Waals surface area (Å²) < 4.78 is 7.14. The van der Waals surface area contributed by atoms with E-state index >= 15 is 0 Å². The first-order valence-electron chi connectivity index (χ1n) is 6.77. The summed E-state index contributed by atoms with van der Waals surface area (Å²) in [5, 5.41) is 7.98. The standard InChI is InChI=1S/C14H18N4O2/c1-14(2,3)20-13(19)17-11-7-4-9-8-15-18(10-5-6-10)12(9)16-11/h4,7-8,10H,5-6H2,1-3H3,(H,16,17,19). The van der Waals surface area contributed by atoms with Crippen molar-refractivity contribution in [2.75, 3.05) is 5.32 Å². The Hall–Kier alpha value is -2.11. The van der Waals surface area contributed by atoms with Gasteiger partial charge in [0, 0.05) is 5.39 Å². The van der Waals surface area contributed by atoms with E-state index in [0.717, 1.165) is 23.9 Å². The summed E-state index contributed by atoms with van der Waals surface area (Å²) in [6.45, 7) is 5.47. The minimum Gasteiger partial charge on any atom is -0.444 e. The van der Waals surface area contributed by atoms with E-state index < -0.39 is 11.7 Å². The van der Waals surface area contributed by atoms with Crippen molar-refractivity contribution >= 4 is 22.9 Å². The second-order valence-electron chi connectivity index (χ2n) is 6.06. The molecule has 6 heteroatoms. The van der Waals surface area contributed by atoms with Crippen LogP contribution < -0.4 is 5.32 Å². The van der Waals surface area contributed by atoms with E-state index in [9.17, 15) is 4.79 Å². The topological polar surface area (TPSA) is 69.0 Å². The number of rotatable bonds is 2. The lowest BCUT2D eigenvalue weighted by Crippen LogP contribution is -2.27. The van der Waals surface area contributed by atoms with Crippen molar-refractivity contribution in [2.45, 2.75) is 45.3 Å². The van der Waals surface area contributed by atoms with Gasteiger partial charge in [0.05, 0.1) is 12.2 Å².